The number of rotatable bonds is 6. The minimum absolute atomic E-state index is 0. The molecule has 0 saturated carbocycles. The molecule has 142 valence electrons. The second-order valence-electron chi connectivity index (χ2n) is 6.16. The third-order valence-corrected chi connectivity index (χ3v) is 5.38. The van der Waals surface area contributed by atoms with Gasteiger partial charge in [-0.2, -0.15) is 0 Å². The molecule has 3 rings (SSSR count). The average molecular weight is 486 g/mol. The number of guanidine groups is 1. The number of ether oxygens (including phenoxy) is 1. The largest absolute Gasteiger partial charge is 0.495 e. The topological polar surface area (TPSA) is 48.9 Å². The van der Waals surface area contributed by atoms with Crippen LogP contribution in [0.15, 0.2) is 46.8 Å². The average Bonchev–Trinajstić information content (AvgIpc) is 3.33. The highest BCUT2D eigenvalue weighted by atomic mass is 127. The summed E-state index contributed by atoms with van der Waals surface area (Å²) >= 11 is 1.76. The van der Waals surface area contributed by atoms with Gasteiger partial charge >= 0.3 is 0 Å². The molecule has 2 aromatic rings. The normalized spacial score (nSPS) is 16.9. The first kappa shape index (κ1) is 20.8. The highest BCUT2D eigenvalue weighted by Gasteiger charge is 2.24. The molecule has 2 N–H and O–H groups in total. The van der Waals surface area contributed by atoms with Gasteiger partial charge in [-0.05, 0) is 35.9 Å². The lowest BCUT2D eigenvalue weighted by Gasteiger charge is -2.21. The summed E-state index contributed by atoms with van der Waals surface area (Å²) in [5, 5.41) is 8.93. The Labute approximate surface area is 176 Å². The summed E-state index contributed by atoms with van der Waals surface area (Å²) in [6, 6.07) is 12.4. The van der Waals surface area contributed by atoms with Crippen LogP contribution in [0.4, 0.5) is 5.69 Å². The van der Waals surface area contributed by atoms with E-state index in [2.05, 4.69) is 50.2 Å². The Morgan fingerprint density at radius 1 is 1.27 bits per heavy atom. The zero-order valence-corrected chi connectivity index (χ0v) is 18.4. The predicted molar refractivity (Wildman–Crippen MR) is 121 cm³/mol. The molecule has 1 atom stereocenters. The number of nitrogens with one attached hydrogen (secondary N) is 2. The number of nitrogens with zero attached hydrogens (tertiary/aromatic N) is 2. The summed E-state index contributed by atoms with van der Waals surface area (Å²) in [6.07, 6.45) is 1.17. The molecule has 26 heavy (non-hydrogen) atoms. The molecule has 0 bridgehead atoms. The van der Waals surface area contributed by atoms with Crippen molar-refractivity contribution >= 4 is 47.0 Å². The lowest BCUT2D eigenvalue weighted by atomic mass is 10.1. The third-order valence-electron chi connectivity index (χ3n) is 4.50. The van der Waals surface area contributed by atoms with Crippen molar-refractivity contribution in [3.8, 4) is 5.75 Å². The monoisotopic (exact) mass is 486 g/mol. The van der Waals surface area contributed by atoms with E-state index >= 15 is 0 Å². The lowest BCUT2D eigenvalue weighted by molar-refractivity contribution is 0.414. The number of methoxy groups -OCH3 is 1. The van der Waals surface area contributed by atoms with Crippen molar-refractivity contribution < 1.29 is 4.74 Å². The minimum atomic E-state index is 0. The zero-order valence-electron chi connectivity index (χ0n) is 15.3. The molecule has 0 aliphatic carbocycles. The molecule has 1 fully saturated rings. The van der Waals surface area contributed by atoms with Crippen LogP contribution in [-0.4, -0.2) is 39.8 Å². The van der Waals surface area contributed by atoms with Crippen molar-refractivity contribution in [1.29, 1.82) is 0 Å². The molecule has 1 aromatic carbocycles. The van der Waals surface area contributed by atoms with Gasteiger partial charge in [0.05, 0.1) is 19.3 Å². The van der Waals surface area contributed by atoms with Gasteiger partial charge in [0, 0.05) is 31.6 Å². The molecular formula is C19H27IN4OS. The van der Waals surface area contributed by atoms with E-state index < -0.39 is 0 Å². The number of halogens is 1. The smallest absolute Gasteiger partial charge is 0.191 e. The zero-order chi connectivity index (χ0) is 17.5. The first-order valence-electron chi connectivity index (χ1n) is 8.65. The van der Waals surface area contributed by atoms with Gasteiger partial charge in [0.1, 0.15) is 5.75 Å². The second-order valence-corrected chi connectivity index (χ2v) is 7.19. The van der Waals surface area contributed by atoms with Crippen LogP contribution < -0.4 is 20.3 Å². The van der Waals surface area contributed by atoms with Gasteiger partial charge in [0.15, 0.2) is 5.96 Å². The van der Waals surface area contributed by atoms with Crippen molar-refractivity contribution in [1.82, 2.24) is 10.6 Å². The quantitative estimate of drug-likeness (QED) is 0.373. The highest BCUT2D eigenvalue weighted by molar-refractivity contribution is 14.0. The summed E-state index contributed by atoms with van der Waals surface area (Å²) in [5.41, 5.74) is 1.19. The molecule has 1 aliphatic rings. The summed E-state index contributed by atoms with van der Waals surface area (Å²) in [6.45, 7) is 3.84. The van der Waals surface area contributed by atoms with Crippen LogP contribution >= 0.6 is 35.3 Å². The van der Waals surface area contributed by atoms with E-state index in [1.165, 1.54) is 17.0 Å². The fraction of sp³-hybridized carbons (Fsp3) is 0.421. The molecule has 7 heteroatoms. The number of aliphatic imine (C=N–C) groups is 1. The van der Waals surface area contributed by atoms with Crippen LogP contribution in [0, 0.1) is 5.92 Å². The van der Waals surface area contributed by atoms with Gasteiger partial charge in [-0.3, -0.25) is 4.99 Å². The van der Waals surface area contributed by atoms with E-state index in [-0.39, 0.29) is 24.0 Å². The van der Waals surface area contributed by atoms with E-state index in [1.807, 2.05) is 19.2 Å². The standard InChI is InChI=1S/C19H26N4OS.HI/c1-20-19(22-13-16-6-5-11-25-16)21-12-15-9-10-23(14-15)17-7-3-4-8-18(17)24-2;/h3-8,11,15H,9-10,12-14H2,1-2H3,(H2,20,21,22);1H. The van der Waals surface area contributed by atoms with Crippen molar-refractivity contribution in [3.63, 3.8) is 0 Å². The Hall–Kier alpha value is -1.48. The van der Waals surface area contributed by atoms with Crippen molar-refractivity contribution in [3.05, 3.63) is 46.7 Å². The predicted octanol–water partition coefficient (Wildman–Crippen LogP) is 3.57. The van der Waals surface area contributed by atoms with Gasteiger partial charge in [-0.15, -0.1) is 35.3 Å². The van der Waals surface area contributed by atoms with E-state index in [9.17, 15) is 0 Å². The number of para-hydroxylation sites is 2. The van der Waals surface area contributed by atoms with Crippen LogP contribution in [0.2, 0.25) is 0 Å². The van der Waals surface area contributed by atoms with E-state index in [1.54, 1.807) is 18.4 Å². The van der Waals surface area contributed by atoms with E-state index in [4.69, 9.17) is 4.74 Å². The fourth-order valence-corrected chi connectivity index (χ4v) is 3.80. The minimum Gasteiger partial charge on any atom is -0.495 e. The first-order chi connectivity index (χ1) is 12.3. The summed E-state index contributed by atoms with van der Waals surface area (Å²) in [5.74, 6) is 2.42. The number of hydrogen-bond acceptors (Lipinski definition) is 4. The van der Waals surface area contributed by atoms with Crippen molar-refractivity contribution in [2.75, 3.05) is 38.7 Å². The molecule has 0 spiro atoms. The Bertz CT molecular complexity index is 693. The molecule has 0 amide bonds. The number of benzene rings is 1. The van der Waals surface area contributed by atoms with Gasteiger partial charge < -0.3 is 20.3 Å². The molecule has 5 nitrogen and oxygen atoms in total. The van der Waals surface area contributed by atoms with Crippen LogP contribution in [-0.2, 0) is 6.54 Å². The molecule has 1 aliphatic heterocycles. The van der Waals surface area contributed by atoms with Gasteiger partial charge in [0.2, 0.25) is 0 Å². The van der Waals surface area contributed by atoms with Crippen molar-refractivity contribution in [2.45, 2.75) is 13.0 Å². The third kappa shape index (κ3) is 5.51. The maximum atomic E-state index is 5.49. The first-order valence-corrected chi connectivity index (χ1v) is 9.53. The Morgan fingerprint density at radius 2 is 2.12 bits per heavy atom. The maximum absolute atomic E-state index is 5.49. The molecule has 2 heterocycles. The number of thiophene rings is 1. The summed E-state index contributed by atoms with van der Waals surface area (Å²) < 4.78 is 5.49. The van der Waals surface area contributed by atoms with Crippen LogP contribution in [0.5, 0.6) is 5.75 Å². The SMILES string of the molecule is CN=C(NCc1cccs1)NCC1CCN(c2ccccc2OC)C1.I. The second kappa shape index (κ2) is 10.6. The molecule has 1 aromatic heterocycles. The summed E-state index contributed by atoms with van der Waals surface area (Å²) in [7, 11) is 3.55. The molecular weight excluding hydrogens is 459 g/mol. The molecule has 1 unspecified atom stereocenters. The number of hydrogen-bond donors (Lipinski definition) is 2. The summed E-state index contributed by atoms with van der Waals surface area (Å²) in [4.78, 5) is 8.04. The lowest BCUT2D eigenvalue weighted by Crippen LogP contribution is -2.39. The van der Waals surface area contributed by atoms with Crippen LogP contribution in [0.25, 0.3) is 0 Å². The van der Waals surface area contributed by atoms with E-state index in [0.717, 1.165) is 37.9 Å². The Kier molecular flexibility index (Phi) is 8.50. The highest BCUT2D eigenvalue weighted by Crippen LogP contribution is 2.31. The Balaban J connectivity index is 0.00000243. The number of anilines is 1. The Morgan fingerprint density at radius 3 is 2.85 bits per heavy atom. The molecule has 1 saturated heterocycles. The molecule has 0 radical (unpaired) electrons. The fourth-order valence-electron chi connectivity index (χ4n) is 3.15. The van der Waals surface area contributed by atoms with Crippen LogP contribution in [0.1, 0.15) is 11.3 Å². The maximum Gasteiger partial charge on any atom is 0.191 e. The van der Waals surface area contributed by atoms with Gasteiger partial charge in [0.25, 0.3) is 0 Å². The van der Waals surface area contributed by atoms with E-state index in [0.29, 0.717) is 5.92 Å². The van der Waals surface area contributed by atoms with Crippen LogP contribution in [0.3, 0.4) is 0 Å². The van der Waals surface area contributed by atoms with Gasteiger partial charge in [-0.1, -0.05) is 18.2 Å². The van der Waals surface area contributed by atoms with Gasteiger partial charge in [-0.25, -0.2) is 0 Å². The van der Waals surface area contributed by atoms with Crippen molar-refractivity contribution in [2.24, 2.45) is 10.9 Å².